The predicted molar refractivity (Wildman–Crippen MR) is 94.5 cm³/mol. The van der Waals surface area contributed by atoms with Crippen LogP contribution in [-0.2, 0) is 4.79 Å². The molecule has 0 aliphatic carbocycles. The van der Waals surface area contributed by atoms with Gasteiger partial charge in [0.05, 0.1) is 19.8 Å². The first-order valence-corrected chi connectivity index (χ1v) is 8.48. The molecule has 0 radical (unpaired) electrons. The van der Waals surface area contributed by atoms with Crippen molar-refractivity contribution in [2.24, 2.45) is 0 Å². The number of amides is 1. The summed E-state index contributed by atoms with van der Waals surface area (Å²) in [5, 5.41) is 12.3. The third kappa shape index (κ3) is 6.76. The van der Waals surface area contributed by atoms with Crippen molar-refractivity contribution in [1.29, 1.82) is 0 Å². The Bertz CT molecular complexity index is 474. The van der Waals surface area contributed by atoms with Gasteiger partial charge in [-0.2, -0.15) is 0 Å². The number of ether oxygens (including phenoxy) is 2. The Morgan fingerprint density at radius 2 is 1.79 bits per heavy atom. The van der Waals surface area contributed by atoms with Gasteiger partial charge in [-0.3, -0.25) is 4.79 Å². The van der Waals surface area contributed by atoms with Crippen molar-refractivity contribution in [3.63, 3.8) is 0 Å². The van der Waals surface area contributed by atoms with E-state index in [1.165, 1.54) is 0 Å². The maximum absolute atomic E-state index is 12.2. The van der Waals surface area contributed by atoms with Crippen LogP contribution in [0.15, 0.2) is 24.3 Å². The van der Waals surface area contributed by atoms with Crippen molar-refractivity contribution >= 4 is 5.91 Å². The van der Waals surface area contributed by atoms with Gasteiger partial charge in [0.15, 0.2) is 6.10 Å². The second-order valence-electron chi connectivity index (χ2n) is 5.64. The molecule has 1 aromatic carbocycles. The quantitative estimate of drug-likeness (QED) is 0.642. The molecule has 6 nitrogen and oxygen atoms in total. The van der Waals surface area contributed by atoms with Gasteiger partial charge in [-0.05, 0) is 50.7 Å². The highest BCUT2D eigenvalue weighted by atomic mass is 16.5. The van der Waals surface area contributed by atoms with E-state index in [1.807, 2.05) is 0 Å². The molecular weight excluding hydrogens is 308 g/mol. The van der Waals surface area contributed by atoms with Crippen LogP contribution in [0.25, 0.3) is 0 Å². The van der Waals surface area contributed by atoms with Crippen molar-refractivity contribution in [2.45, 2.75) is 39.3 Å². The molecule has 2 N–H and O–H groups in total. The molecule has 1 aromatic rings. The number of hydrogen-bond donors (Lipinski definition) is 2. The lowest BCUT2D eigenvalue weighted by molar-refractivity contribution is -0.128. The molecule has 0 fully saturated rings. The first-order chi connectivity index (χ1) is 11.5. The first-order valence-electron chi connectivity index (χ1n) is 8.48. The molecule has 0 unspecified atom stereocenters. The van der Waals surface area contributed by atoms with E-state index in [2.05, 4.69) is 24.1 Å². The van der Waals surface area contributed by atoms with E-state index < -0.39 is 6.10 Å². The zero-order chi connectivity index (χ0) is 17.9. The molecule has 1 rings (SSSR count). The van der Waals surface area contributed by atoms with Gasteiger partial charge in [0.2, 0.25) is 0 Å². The fraction of sp³-hybridized carbons (Fsp3) is 0.611. The number of rotatable bonds is 11. The first kappa shape index (κ1) is 20.3. The monoisotopic (exact) mass is 338 g/mol. The van der Waals surface area contributed by atoms with Crippen LogP contribution in [-0.4, -0.2) is 61.4 Å². The lowest BCUT2D eigenvalue weighted by Crippen LogP contribution is -2.45. The smallest absolute Gasteiger partial charge is 0.261 e. The van der Waals surface area contributed by atoms with E-state index >= 15 is 0 Å². The molecule has 2 atom stereocenters. The van der Waals surface area contributed by atoms with Crippen molar-refractivity contribution < 1.29 is 19.4 Å². The molecule has 136 valence electrons. The van der Waals surface area contributed by atoms with Crippen molar-refractivity contribution in [1.82, 2.24) is 10.2 Å². The Balaban J connectivity index is 2.47. The average Bonchev–Trinajstić information content (AvgIpc) is 2.61. The highest BCUT2D eigenvalue weighted by molar-refractivity contribution is 5.81. The third-order valence-electron chi connectivity index (χ3n) is 4.00. The molecule has 0 heterocycles. The van der Waals surface area contributed by atoms with Gasteiger partial charge in [-0.15, -0.1) is 0 Å². The normalized spacial score (nSPS) is 13.4. The molecule has 0 aromatic heterocycles. The van der Waals surface area contributed by atoms with Gasteiger partial charge in [0, 0.05) is 6.54 Å². The van der Waals surface area contributed by atoms with Crippen LogP contribution in [0.1, 0.15) is 27.2 Å². The minimum Gasteiger partial charge on any atom is -0.497 e. The number of carbonyl (C=O) groups excluding carboxylic acids is 1. The second-order valence-corrected chi connectivity index (χ2v) is 5.64. The second kappa shape index (κ2) is 10.9. The van der Waals surface area contributed by atoms with Gasteiger partial charge >= 0.3 is 0 Å². The molecule has 24 heavy (non-hydrogen) atoms. The fourth-order valence-electron chi connectivity index (χ4n) is 2.32. The molecule has 0 bridgehead atoms. The number of hydrogen-bond acceptors (Lipinski definition) is 5. The molecule has 1 amide bonds. The van der Waals surface area contributed by atoms with Crippen LogP contribution in [0.2, 0.25) is 0 Å². The van der Waals surface area contributed by atoms with E-state index in [0.29, 0.717) is 12.2 Å². The zero-order valence-corrected chi connectivity index (χ0v) is 15.1. The summed E-state index contributed by atoms with van der Waals surface area (Å²) >= 11 is 0. The summed E-state index contributed by atoms with van der Waals surface area (Å²) in [6, 6.07) is 6.81. The van der Waals surface area contributed by atoms with Crippen LogP contribution in [0.3, 0.4) is 0 Å². The molecule has 0 saturated carbocycles. The average molecular weight is 338 g/mol. The molecule has 6 heteroatoms. The number of carbonyl (C=O) groups is 1. The van der Waals surface area contributed by atoms with Crippen LogP contribution in [0, 0.1) is 0 Å². The number of benzene rings is 1. The summed E-state index contributed by atoms with van der Waals surface area (Å²) in [6.45, 7) is 8.56. The summed E-state index contributed by atoms with van der Waals surface area (Å²) in [5.41, 5.74) is 0. The van der Waals surface area contributed by atoms with Gasteiger partial charge < -0.3 is 24.8 Å². The number of nitrogens with zero attached hydrogens (tertiary/aromatic N) is 1. The number of methoxy groups -OCH3 is 1. The zero-order valence-electron chi connectivity index (χ0n) is 15.1. The summed E-state index contributed by atoms with van der Waals surface area (Å²) in [7, 11) is 1.60. The molecule has 0 spiro atoms. The van der Waals surface area contributed by atoms with Crippen LogP contribution in [0.4, 0.5) is 0 Å². The van der Waals surface area contributed by atoms with Gasteiger partial charge in [-0.25, -0.2) is 0 Å². The van der Waals surface area contributed by atoms with Crippen LogP contribution >= 0.6 is 0 Å². The highest BCUT2D eigenvalue weighted by Crippen LogP contribution is 2.18. The lowest BCUT2D eigenvalue weighted by Gasteiger charge is -2.23. The summed E-state index contributed by atoms with van der Waals surface area (Å²) in [5.74, 6) is 1.10. The standard InChI is InChI=1S/C18H30N2O4/c1-5-20(6-2)12-11-15(13-21)19-18(22)14(3)24-17-9-7-16(23-4)8-10-17/h7-10,14-15,21H,5-6,11-13H2,1-4H3,(H,19,22)/t14-,15+/m1/s1. The van der Waals surface area contributed by atoms with Gasteiger partial charge in [0.1, 0.15) is 11.5 Å². The lowest BCUT2D eigenvalue weighted by atomic mass is 10.2. The largest absolute Gasteiger partial charge is 0.497 e. The van der Waals surface area contributed by atoms with Gasteiger partial charge in [0.25, 0.3) is 5.91 Å². The van der Waals surface area contributed by atoms with Crippen LogP contribution < -0.4 is 14.8 Å². The molecular formula is C18H30N2O4. The van der Waals surface area contributed by atoms with E-state index in [9.17, 15) is 9.90 Å². The predicted octanol–water partition coefficient (Wildman–Crippen LogP) is 1.67. The maximum Gasteiger partial charge on any atom is 0.261 e. The fourth-order valence-corrected chi connectivity index (χ4v) is 2.32. The summed E-state index contributed by atoms with van der Waals surface area (Å²) in [4.78, 5) is 14.5. The Morgan fingerprint density at radius 1 is 1.21 bits per heavy atom. The van der Waals surface area contributed by atoms with Crippen LogP contribution in [0.5, 0.6) is 11.5 Å². The maximum atomic E-state index is 12.2. The molecule has 0 saturated heterocycles. The van der Waals surface area contributed by atoms with E-state index in [1.54, 1.807) is 38.3 Å². The van der Waals surface area contributed by atoms with Crippen molar-refractivity contribution in [3.8, 4) is 11.5 Å². The molecule has 0 aliphatic rings. The Labute approximate surface area is 144 Å². The minimum atomic E-state index is -0.638. The highest BCUT2D eigenvalue weighted by Gasteiger charge is 2.19. The number of nitrogens with one attached hydrogen (secondary N) is 1. The number of aliphatic hydroxyl groups excluding tert-OH is 1. The minimum absolute atomic E-state index is 0.0811. The SMILES string of the molecule is CCN(CC)CC[C@@H](CO)NC(=O)[C@@H](C)Oc1ccc(OC)cc1. The van der Waals surface area contributed by atoms with Gasteiger partial charge in [-0.1, -0.05) is 13.8 Å². The van der Waals surface area contributed by atoms with Crippen molar-refractivity contribution in [2.75, 3.05) is 33.4 Å². The van der Waals surface area contributed by atoms with Crippen molar-refractivity contribution in [3.05, 3.63) is 24.3 Å². The van der Waals surface area contributed by atoms with E-state index in [0.717, 1.165) is 25.4 Å². The summed E-state index contributed by atoms with van der Waals surface area (Å²) in [6.07, 6.45) is 0.0695. The Morgan fingerprint density at radius 3 is 2.29 bits per heavy atom. The Kier molecular flexibility index (Phi) is 9.19. The topological polar surface area (TPSA) is 71.0 Å². The third-order valence-corrected chi connectivity index (χ3v) is 4.00. The summed E-state index contributed by atoms with van der Waals surface area (Å²) < 4.78 is 10.7. The number of aliphatic hydroxyl groups is 1. The Hall–Kier alpha value is -1.79. The van der Waals surface area contributed by atoms with E-state index in [4.69, 9.17) is 9.47 Å². The molecule has 0 aliphatic heterocycles. The van der Waals surface area contributed by atoms with E-state index in [-0.39, 0.29) is 18.6 Å².